The lowest BCUT2D eigenvalue weighted by Gasteiger charge is -2.56. The maximum absolute atomic E-state index is 12.7. The van der Waals surface area contributed by atoms with Crippen molar-refractivity contribution in [3.05, 3.63) is 0 Å². The maximum atomic E-state index is 12.7. The van der Waals surface area contributed by atoms with Gasteiger partial charge in [0.25, 0.3) is 5.92 Å². The monoisotopic (exact) mass is 227 g/mol. The van der Waals surface area contributed by atoms with E-state index in [0.29, 0.717) is 0 Å². The Hall–Kier alpha value is -0.360. The van der Waals surface area contributed by atoms with Crippen LogP contribution in [0.3, 0.4) is 0 Å². The van der Waals surface area contributed by atoms with Crippen LogP contribution in [0, 0.1) is 5.41 Å². The smallest absolute Gasteiger partial charge is 0.283 e. The zero-order valence-corrected chi connectivity index (χ0v) is 8.16. The third kappa shape index (κ3) is 1.85. The summed E-state index contributed by atoms with van der Waals surface area (Å²) in [6.45, 7) is -2.70. The lowest BCUT2D eigenvalue weighted by atomic mass is 9.64. The molecule has 2 aliphatic rings. The summed E-state index contributed by atoms with van der Waals surface area (Å²) in [5.41, 5.74) is -1.93. The highest BCUT2D eigenvalue weighted by atomic mass is 19.3. The molecule has 1 heterocycles. The third-order valence-corrected chi connectivity index (χ3v) is 3.12. The minimum Gasteiger partial charge on any atom is -0.354 e. The molecular weight excluding hydrogens is 214 g/mol. The Labute approximate surface area is 85.0 Å². The molecule has 0 bridgehead atoms. The fourth-order valence-corrected chi connectivity index (χ4v) is 2.25. The van der Waals surface area contributed by atoms with Crippen molar-refractivity contribution < 1.29 is 22.3 Å². The van der Waals surface area contributed by atoms with Crippen LogP contribution in [0.25, 0.3) is 0 Å². The van der Waals surface area contributed by atoms with Crippen molar-refractivity contribution in [1.29, 1.82) is 0 Å². The van der Waals surface area contributed by atoms with E-state index in [0.717, 1.165) is 0 Å². The molecule has 2 fully saturated rings. The van der Waals surface area contributed by atoms with Gasteiger partial charge < -0.3 is 4.74 Å². The van der Waals surface area contributed by atoms with Crippen LogP contribution >= 0.6 is 0 Å². The summed E-state index contributed by atoms with van der Waals surface area (Å²) in [6.07, 6.45) is 0.256. The quantitative estimate of drug-likeness (QED) is 0.724. The van der Waals surface area contributed by atoms with Gasteiger partial charge in [0, 0.05) is 18.3 Å². The second-order valence-corrected chi connectivity index (χ2v) is 4.61. The van der Waals surface area contributed by atoms with Crippen molar-refractivity contribution in [2.45, 2.75) is 24.5 Å². The molecule has 15 heavy (non-hydrogen) atoms. The predicted molar refractivity (Wildman–Crippen MR) is 45.2 cm³/mol. The first-order valence-electron chi connectivity index (χ1n) is 4.84. The number of hydrogen-bond acceptors (Lipinski definition) is 2. The summed E-state index contributed by atoms with van der Waals surface area (Å²) in [4.78, 5) is 0. The van der Waals surface area contributed by atoms with E-state index in [1.54, 1.807) is 0 Å². The largest absolute Gasteiger partial charge is 0.354 e. The SMILES string of the molecule is FCC1(CF)CC2(C1)NCC(F)(F)CO2. The molecule has 1 aliphatic carbocycles. The number of hydrogen-bond donors (Lipinski definition) is 1. The average Bonchev–Trinajstić information content (AvgIpc) is 2.16. The van der Waals surface area contributed by atoms with Crippen LogP contribution in [0.2, 0.25) is 0 Å². The van der Waals surface area contributed by atoms with E-state index < -0.39 is 43.6 Å². The highest BCUT2D eigenvalue weighted by Gasteiger charge is 2.59. The average molecular weight is 227 g/mol. The Balaban J connectivity index is 1.93. The second kappa shape index (κ2) is 3.31. The molecule has 2 nitrogen and oxygen atoms in total. The zero-order valence-electron chi connectivity index (χ0n) is 8.16. The zero-order chi connectivity index (χ0) is 11.2. The predicted octanol–water partition coefficient (Wildman–Crippen LogP) is 1.66. The number of rotatable bonds is 2. The van der Waals surface area contributed by atoms with Crippen LogP contribution in [-0.4, -0.2) is 38.1 Å². The molecule has 0 atom stereocenters. The number of alkyl halides is 4. The molecule has 88 valence electrons. The van der Waals surface area contributed by atoms with Gasteiger partial charge in [-0.3, -0.25) is 14.1 Å². The van der Waals surface area contributed by atoms with Gasteiger partial charge in [-0.05, 0) is 0 Å². The van der Waals surface area contributed by atoms with E-state index in [1.807, 2.05) is 0 Å². The highest BCUT2D eigenvalue weighted by Crippen LogP contribution is 2.51. The number of halogens is 4. The van der Waals surface area contributed by atoms with Gasteiger partial charge >= 0.3 is 0 Å². The molecule has 1 saturated heterocycles. The fraction of sp³-hybridized carbons (Fsp3) is 1.00. The summed E-state index contributed by atoms with van der Waals surface area (Å²) in [5, 5.41) is 2.54. The molecule has 1 spiro atoms. The van der Waals surface area contributed by atoms with E-state index >= 15 is 0 Å². The molecule has 2 rings (SSSR count). The fourth-order valence-electron chi connectivity index (χ4n) is 2.25. The van der Waals surface area contributed by atoms with Crippen LogP contribution < -0.4 is 5.32 Å². The van der Waals surface area contributed by atoms with Crippen molar-refractivity contribution in [2.24, 2.45) is 5.41 Å². The molecule has 0 aromatic carbocycles. The minimum absolute atomic E-state index is 0.128. The summed E-state index contributed by atoms with van der Waals surface area (Å²) >= 11 is 0. The van der Waals surface area contributed by atoms with Crippen LogP contribution in [0.4, 0.5) is 17.6 Å². The van der Waals surface area contributed by atoms with E-state index in [1.165, 1.54) is 0 Å². The van der Waals surface area contributed by atoms with Crippen LogP contribution in [0.15, 0.2) is 0 Å². The Kier molecular flexibility index (Phi) is 2.46. The lowest BCUT2D eigenvalue weighted by Crippen LogP contribution is -2.69. The Morgan fingerprint density at radius 3 is 2.13 bits per heavy atom. The highest BCUT2D eigenvalue weighted by molar-refractivity contribution is 5.06. The molecule has 0 unspecified atom stereocenters. The van der Waals surface area contributed by atoms with Gasteiger partial charge in [-0.1, -0.05) is 0 Å². The third-order valence-electron chi connectivity index (χ3n) is 3.12. The number of nitrogens with one attached hydrogen (secondary N) is 1. The van der Waals surface area contributed by atoms with E-state index in [-0.39, 0.29) is 12.8 Å². The van der Waals surface area contributed by atoms with Crippen molar-refractivity contribution >= 4 is 0 Å². The van der Waals surface area contributed by atoms with Crippen molar-refractivity contribution in [3.63, 3.8) is 0 Å². The van der Waals surface area contributed by atoms with Crippen molar-refractivity contribution in [2.75, 3.05) is 26.5 Å². The first-order valence-corrected chi connectivity index (χ1v) is 4.84. The molecule has 1 saturated carbocycles. The summed E-state index contributed by atoms with van der Waals surface area (Å²) in [6, 6.07) is 0. The van der Waals surface area contributed by atoms with Crippen LogP contribution in [-0.2, 0) is 4.74 Å². The Morgan fingerprint density at radius 1 is 1.13 bits per heavy atom. The van der Waals surface area contributed by atoms with Crippen LogP contribution in [0.5, 0.6) is 0 Å². The molecular formula is C9H13F4NO. The van der Waals surface area contributed by atoms with Crippen LogP contribution in [0.1, 0.15) is 12.8 Å². The van der Waals surface area contributed by atoms with E-state index in [2.05, 4.69) is 5.32 Å². The lowest BCUT2D eigenvalue weighted by molar-refractivity contribution is -0.260. The molecule has 0 amide bonds. The molecule has 0 radical (unpaired) electrons. The summed E-state index contributed by atoms with van der Waals surface area (Å²) in [5.74, 6) is -2.88. The summed E-state index contributed by atoms with van der Waals surface area (Å²) in [7, 11) is 0. The summed E-state index contributed by atoms with van der Waals surface area (Å²) < 4.78 is 55.5. The van der Waals surface area contributed by atoms with Gasteiger partial charge in [-0.15, -0.1) is 0 Å². The van der Waals surface area contributed by atoms with Gasteiger partial charge in [0.15, 0.2) is 0 Å². The Morgan fingerprint density at radius 2 is 1.73 bits per heavy atom. The van der Waals surface area contributed by atoms with Crippen molar-refractivity contribution in [1.82, 2.24) is 5.32 Å². The number of ether oxygens (including phenoxy) is 1. The van der Waals surface area contributed by atoms with Gasteiger partial charge in [0.1, 0.15) is 12.3 Å². The minimum atomic E-state index is -2.88. The van der Waals surface area contributed by atoms with Crippen molar-refractivity contribution in [3.8, 4) is 0 Å². The standard InChI is InChI=1S/C9H13F4NO/c10-3-7(4-11)1-9(2-7)14-5-8(12,13)6-15-9/h14H,1-6H2. The first kappa shape index (κ1) is 11.1. The van der Waals surface area contributed by atoms with Gasteiger partial charge in [-0.25, -0.2) is 8.78 Å². The molecule has 1 aliphatic heterocycles. The van der Waals surface area contributed by atoms with E-state index in [9.17, 15) is 17.6 Å². The normalized spacial score (nSPS) is 31.2. The Bertz CT molecular complexity index is 234. The maximum Gasteiger partial charge on any atom is 0.283 e. The molecule has 0 aromatic heterocycles. The van der Waals surface area contributed by atoms with Gasteiger partial charge in [-0.2, -0.15) is 0 Å². The van der Waals surface area contributed by atoms with Gasteiger partial charge in [0.05, 0.1) is 19.9 Å². The first-order chi connectivity index (χ1) is 6.95. The topological polar surface area (TPSA) is 21.3 Å². The molecule has 1 N–H and O–H groups in total. The second-order valence-electron chi connectivity index (χ2n) is 4.61. The molecule has 6 heteroatoms. The molecule has 0 aromatic rings. The van der Waals surface area contributed by atoms with Gasteiger partial charge in [0.2, 0.25) is 0 Å². The van der Waals surface area contributed by atoms with E-state index in [4.69, 9.17) is 4.74 Å².